The van der Waals surface area contributed by atoms with E-state index in [1.165, 1.54) is 0 Å². The van der Waals surface area contributed by atoms with Gasteiger partial charge >= 0.3 is 5.97 Å². The molecule has 0 saturated heterocycles. The number of rotatable bonds is 3. The van der Waals surface area contributed by atoms with Crippen LogP contribution in [0.5, 0.6) is 0 Å². The molecule has 3 rings (SSSR count). The second-order valence-corrected chi connectivity index (χ2v) is 7.67. The predicted molar refractivity (Wildman–Crippen MR) is 87.7 cm³/mol. The number of carbonyl (C=O) groups is 1. The van der Waals surface area contributed by atoms with Gasteiger partial charge in [0.05, 0.1) is 11.3 Å². The van der Waals surface area contributed by atoms with Crippen LogP contribution in [0.2, 0.25) is 5.02 Å². The van der Waals surface area contributed by atoms with Gasteiger partial charge in [0.25, 0.3) is 10.0 Å². The van der Waals surface area contributed by atoms with Crippen molar-refractivity contribution in [3.8, 4) is 0 Å². The molecule has 0 spiro atoms. The van der Waals surface area contributed by atoms with Gasteiger partial charge in [-0.25, -0.2) is 17.6 Å². The smallest absolute Gasteiger partial charge is 0.335 e. The monoisotopic (exact) mass is 369 g/mol. The first-order chi connectivity index (χ1) is 11.3. The summed E-state index contributed by atoms with van der Waals surface area (Å²) in [7, 11) is -4.22. The fourth-order valence-electron chi connectivity index (χ4n) is 2.73. The van der Waals surface area contributed by atoms with Crippen molar-refractivity contribution < 1.29 is 22.7 Å². The Morgan fingerprint density at radius 3 is 2.67 bits per heavy atom. The quantitative estimate of drug-likeness (QED) is 0.900. The van der Waals surface area contributed by atoms with Crippen LogP contribution in [0.25, 0.3) is 0 Å². The Morgan fingerprint density at radius 2 is 1.96 bits per heavy atom. The van der Waals surface area contributed by atoms with Gasteiger partial charge in [-0.3, -0.25) is 4.31 Å². The summed E-state index contributed by atoms with van der Waals surface area (Å²) >= 11 is 5.94. The second-order valence-electron chi connectivity index (χ2n) is 5.40. The molecular weight excluding hydrogens is 357 g/mol. The van der Waals surface area contributed by atoms with E-state index >= 15 is 0 Å². The lowest BCUT2D eigenvalue weighted by molar-refractivity contribution is 0.0696. The minimum atomic E-state index is -4.22. The molecule has 0 amide bonds. The summed E-state index contributed by atoms with van der Waals surface area (Å²) in [5, 5.41) is 9.51. The summed E-state index contributed by atoms with van der Waals surface area (Å²) in [5.74, 6) is -2.31. The molecule has 126 valence electrons. The van der Waals surface area contributed by atoms with Crippen molar-refractivity contribution in [1.29, 1.82) is 0 Å². The normalized spacial score (nSPS) is 14.3. The average molecular weight is 370 g/mol. The fraction of sp³-hybridized carbons (Fsp3) is 0.188. The number of hydrogen-bond donors (Lipinski definition) is 1. The van der Waals surface area contributed by atoms with E-state index in [1.54, 1.807) is 18.2 Å². The highest BCUT2D eigenvalue weighted by atomic mass is 35.5. The topological polar surface area (TPSA) is 74.7 Å². The molecule has 2 aromatic rings. The highest BCUT2D eigenvalue weighted by Crippen LogP contribution is 2.34. The number of fused-ring (bicyclic) bond motifs is 1. The molecule has 1 aliphatic heterocycles. The predicted octanol–water partition coefficient (Wildman–Crippen LogP) is 3.32. The molecule has 0 atom stereocenters. The van der Waals surface area contributed by atoms with E-state index < -0.39 is 26.7 Å². The van der Waals surface area contributed by atoms with Crippen molar-refractivity contribution in [1.82, 2.24) is 0 Å². The van der Waals surface area contributed by atoms with E-state index in [0.717, 1.165) is 28.1 Å². The van der Waals surface area contributed by atoms with Gasteiger partial charge in [0.15, 0.2) is 0 Å². The molecule has 0 saturated carbocycles. The van der Waals surface area contributed by atoms with Crippen LogP contribution in [-0.4, -0.2) is 26.0 Å². The Bertz CT molecular complexity index is 930. The molecule has 8 heteroatoms. The Hall–Kier alpha value is -2.12. The largest absolute Gasteiger partial charge is 0.478 e. The summed E-state index contributed by atoms with van der Waals surface area (Å²) in [4.78, 5) is 10.4. The number of nitrogens with zero attached hydrogens (tertiary/aromatic N) is 1. The van der Waals surface area contributed by atoms with Crippen LogP contribution in [0.3, 0.4) is 0 Å². The first kappa shape index (κ1) is 16.7. The Labute approximate surface area is 143 Å². The molecule has 0 aliphatic carbocycles. The van der Waals surface area contributed by atoms with Gasteiger partial charge < -0.3 is 5.11 Å². The van der Waals surface area contributed by atoms with E-state index in [9.17, 15) is 17.6 Å². The van der Waals surface area contributed by atoms with Gasteiger partial charge in [-0.15, -0.1) is 0 Å². The molecule has 0 radical (unpaired) electrons. The molecule has 0 aromatic heterocycles. The second kappa shape index (κ2) is 6.07. The number of carboxylic acids is 1. The van der Waals surface area contributed by atoms with Gasteiger partial charge in [-0.05, 0) is 54.8 Å². The molecule has 1 heterocycles. The maximum absolute atomic E-state index is 14.1. The minimum absolute atomic E-state index is 0.188. The van der Waals surface area contributed by atoms with E-state index in [1.807, 2.05) is 0 Å². The number of carboxylic acid groups (broad SMARTS) is 1. The molecule has 24 heavy (non-hydrogen) atoms. The molecule has 1 aliphatic rings. The van der Waals surface area contributed by atoms with Gasteiger partial charge in [0.1, 0.15) is 10.7 Å². The van der Waals surface area contributed by atoms with Crippen LogP contribution in [0, 0.1) is 5.82 Å². The third-order valence-corrected chi connectivity index (χ3v) is 5.93. The summed E-state index contributed by atoms with van der Waals surface area (Å²) in [6, 6.07) is 7.55. The summed E-state index contributed by atoms with van der Waals surface area (Å²) in [6.45, 7) is 0.188. The van der Waals surface area contributed by atoms with Crippen LogP contribution in [-0.2, 0) is 16.4 Å². The van der Waals surface area contributed by atoms with Crippen molar-refractivity contribution in [3.05, 3.63) is 58.4 Å². The number of hydrogen-bond acceptors (Lipinski definition) is 3. The van der Waals surface area contributed by atoms with Crippen molar-refractivity contribution in [2.75, 3.05) is 10.8 Å². The third-order valence-electron chi connectivity index (χ3n) is 3.86. The zero-order valence-electron chi connectivity index (χ0n) is 12.4. The van der Waals surface area contributed by atoms with E-state index in [2.05, 4.69) is 0 Å². The van der Waals surface area contributed by atoms with Gasteiger partial charge in [0.2, 0.25) is 0 Å². The van der Waals surface area contributed by atoms with Crippen molar-refractivity contribution >= 4 is 33.3 Å². The van der Waals surface area contributed by atoms with Crippen molar-refractivity contribution in [2.24, 2.45) is 0 Å². The number of halogens is 2. The SMILES string of the molecule is O=C(O)c1ccc(F)c(S(=O)(=O)N2CCCc3cc(Cl)ccc32)c1. The van der Waals surface area contributed by atoms with Gasteiger partial charge in [-0.1, -0.05) is 11.6 Å². The van der Waals surface area contributed by atoms with Crippen molar-refractivity contribution in [3.63, 3.8) is 0 Å². The Balaban J connectivity index is 2.14. The van der Waals surface area contributed by atoms with Gasteiger partial charge in [-0.2, -0.15) is 0 Å². The van der Waals surface area contributed by atoms with E-state index in [4.69, 9.17) is 16.7 Å². The minimum Gasteiger partial charge on any atom is -0.478 e. The molecule has 0 bridgehead atoms. The van der Waals surface area contributed by atoms with Crippen molar-refractivity contribution in [2.45, 2.75) is 17.7 Å². The molecule has 5 nitrogen and oxygen atoms in total. The molecular formula is C16H13ClFNO4S. The third kappa shape index (κ3) is 2.85. The number of sulfonamides is 1. The Kier molecular flexibility index (Phi) is 4.23. The number of aromatic carboxylic acids is 1. The van der Waals surface area contributed by atoms with Crippen LogP contribution in [0.1, 0.15) is 22.3 Å². The Morgan fingerprint density at radius 1 is 1.21 bits per heavy atom. The van der Waals surface area contributed by atoms with Crippen LogP contribution < -0.4 is 4.31 Å². The summed E-state index contributed by atoms with van der Waals surface area (Å²) < 4.78 is 41.0. The lowest BCUT2D eigenvalue weighted by Gasteiger charge is -2.30. The summed E-state index contributed by atoms with van der Waals surface area (Å²) in [5.41, 5.74) is 0.904. The molecule has 0 fully saturated rings. The number of anilines is 1. The molecule has 2 aromatic carbocycles. The van der Waals surface area contributed by atoms with E-state index in [0.29, 0.717) is 23.6 Å². The highest BCUT2D eigenvalue weighted by molar-refractivity contribution is 7.92. The lowest BCUT2D eigenvalue weighted by atomic mass is 10.0. The van der Waals surface area contributed by atoms with Crippen LogP contribution in [0.15, 0.2) is 41.3 Å². The van der Waals surface area contributed by atoms with Crippen LogP contribution in [0.4, 0.5) is 10.1 Å². The fourth-order valence-corrected chi connectivity index (χ4v) is 4.56. The first-order valence-corrected chi connectivity index (χ1v) is 8.96. The van der Waals surface area contributed by atoms with Crippen LogP contribution >= 0.6 is 11.6 Å². The zero-order valence-corrected chi connectivity index (χ0v) is 13.9. The standard InChI is InChI=1S/C16H13ClFNO4S/c17-12-4-6-14-10(8-12)2-1-7-19(14)24(22,23)15-9-11(16(20)21)3-5-13(15)18/h3-6,8-9H,1-2,7H2,(H,20,21). The lowest BCUT2D eigenvalue weighted by Crippen LogP contribution is -2.36. The van der Waals surface area contributed by atoms with E-state index in [-0.39, 0.29) is 12.1 Å². The molecule has 0 unspecified atom stereocenters. The first-order valence-electron chi connectivity index (χ1n) is 7.15. The highest BCUT2D eigenvalue weighted by Gasteiger charge is 2.32. The maximum atomic E-state index is 14.1. The maximum Gasteiger partial charge on any atom is 0.335 e. The number of benzene rings is 2. The summed E-state index contributed by atoms with van der Waals surface area (Å²) in [6.07, 6.45) is 1.23. The number of aryl methyl sites for hydroxylation is 1. The molecule has 1 N–H and O–H groups in total. The van der Waals surface area contributed by atoms with Gasteiger partial charge in [0, 0.05) is 11.6 Å². The average Bonchev–Trinajstić information content (AvgIpc) is 2.53. The zero-order chi connectivity index (χ0) is 17.5.